The maximum Gasteiger partial charge on any atom is 0.101 e. The van der Waals surface area contributed by atoms with Gasteiger partial charge in [-0.05, 0) is 23.8 Å². The van der Waals surface area contributed by atoms with Crippen molar-refractivity contribution in [2.45, 2.75) is 25.0 Å². The van der Waals surface area contributed by atoms with Gasteiger partial charge in [-0.1, -0.05) is 24.3 Å². The molecule has 3 rings (SSSR count). The molecule has 0 amide bonds. The van der Waals surface area contributed by atoms with Gasteiger partial charge in [0.25, 0.3) is 0 Å². The van der Waals surface area contributed by atoms with Crippen molar-refractivity contribution in [2.24, 2.45) is 0 Å². The quantitative estimate of drug-likeness (QED) is 0.854. The molecule has 2 unspecified atom stereocenters. The summed E-state index contributed by atoms with van der Waals surface area (Å²) < 4.78 is 0. The molecule has 1 aromatic heterocycles. The van der Waals surface area contributed by atoms with Crippen molar-refractivity contribution in [3.8, 4) is 6.07 Å². The van der Waals surface area contributed by atoms with Gasteiger partial charge in [0.1, 0.15) is 6.10 Å². The van der Waals surface area contributed by atoms with Crippen LogP contribution in [0.3, 0.4) is 0 Å². The summed E-state index contributed by atoms with van der Waals surface area (Å²) in [5, 5.41) is 10.8. The molecular weight excluding hydrogens is 250 g/mol. The number of anilines is 1. The Morgan fingerprint density at radius 1 is 1.25 bits per heavy atom. The Labute approximate surface area is 118 Å². The Morgan fingerprint density at radius 3 is 2.80 bits per heavy atom. The molecule has 1 saturated heterocycles. The Morgan fingerprint density at radius 2 is 2.10 bits per heavy atom. The SMILES string of the molecule is N#CCC1CC(c2cccnc2)N(c2ccccc2)O1. The molecule has 100 valence electrons. The molecule has 0 spiro atoms. The second kappa shape index (κ2) is 5.72. The van der Waals surface area contributed by atoms with Crippen LogP contribution in [0.4, 0.5) is 5.69 Å². The lowest BCUT2D eigenvalue weighted by Gasteiger charge is -2.24. The molecule has 0 N–H and O–H groups in total. The molecule has 0 aliphatic carbocycles. The maximum absolute atomic E-state index is 8.88. The number of para-hydroxylation sites is 1. The van der Waals surface area contributed by atoms with Crippen LogP contribution in [-0.2, 0) is 4.84 Å². The summed E-state index contributed by atoms with van der Waals surface area (Å²) in [6.45, 7) is 0. The molecule has 0 bridgehead atoms. The highest BCUT2D eigenvalue weighted by Crippen LogP contribution is 2.38. The number of nitriles is 1. The van der Waals surface area contributed by atoms with Crippen molar-refractivity contribution < 1.29 is 4.84 Å². The number of nitrogens with zero attached hydrogens (tertiary/aromatic N) is 3. The van der Waals surface area contributed by atoms with Crippen molar-refractivity contribution in [2.75, 3.05) is 5.06 Å². The van der Waals surface area contributed by atoms with E-state index in [0.717, 1.165) is 17.7 Å². The lowest BCUT2D eigenvalue weighted by Crippen LogP contribution is -2.21. The highest BCUT2D eigenvalue weighted by molar-refractivity contribution is 5.47. The van der Waals surface area contributed by atoms with Crippen molar-refractivity contribution in [1.82, 2.24) is 4.98 Å². The van der Waals surface area contributed by atoms with Gasteiger partial charge in [0.05, 0.1) is 24.2 Å². The minimum Gasteiger partial charge on any atom is -0.268 e. The lowest BCUT2D eigenvalue weighted by molar-refractivity contribution is 0.0867. The minimum absolute atomic E-state index is 0.0644. The molecule has 1 aliphatic rings. The van der Waals surface area contributed by atoms with Crippen LogP contribution in [0.2, 0.25) is 0 Å². The van der Waals surface area contributed by atoms with E-state index in [9.17, 15) is 0 Å². The van der Waals surface area contributed by atoms with Gasteiger partial charge < -0.3 is 0 Å². The largest absolute Gasteiger partial charge is 0.268 e. The van der Waals surface area contributed by atoms with Gasteiger partial charge in [-0.15, -0.1) is 0 Å². The van der Waals surface area contributed by atoms with Gasteiger partial charge in [0.15, 0.2) is 0 Å². The number of rotatable bonds is 3. The van der Waals surface area contributed by atoms with Crippen LogP contribution >= 0.6 is 0 Å². The Bertz CT molecular complexity index is 547. The standard InChI is InChI=1S/C16H15N3O/c17-9-8-15-11-16(13-5-4-10-18-12-13)19(20-15)14-6-2-1-3-7-14/h1-7,10,12,15-16H,8,11H2. The van der Waals surface area contributed by atoms with E-state index in [0.29, 0.717) is 6.42 Å². The van der Waals surface area contributed by atoms with Crippen molar-refractivity contribution in [1.29, 1.82) is 5.26 Å². The molecule has 2 heterocycles. The Hall–Kier alpha value is -2.38. The number of pyridine rings is 1. The molecular formula is C16H15N3O. The van der Waals surface area contributed by atoms with E-state index >= 15 is 0 Å². The van der Waals surface area contributed by atoms with Crippen LogP contribution in [0.1, 0.15) is 24.4 Å². The van der Waals surface area contributed by atoms with Gasteiger partial charge in [-0.3, -0.25) is 9.82 Å². The van der Waals surface area contributed by atoms with E-state index in [2.05, 4.69) is 11.1 Å². The predicted octanol–water partition coefficient (Wildman–Crippen LogP) is 3.25. The Balaban J connectivity index is 1.91. The van der Waals surface area contributed by atoms with Gasteiger partial charge in [0.2, 0.25) is 0 Å². The molecule has 1 fully saturated rings. The van der Waals surface area contributed by atoms with Gasteiger partial charge in [-0.25, -0.2) is 5.06 Å². The summed E-state index contributed by atoms with van der Waals surface area (Å²) in [5.41, 5.74) is 2.11. The number of benzene rings is 1. The lowest BCUT2D eigenvalue weighted by atomic mass is 10.0. The van der Waals surface area contributed by atoms with Crippen LogP contribution in [0.25, 0.3) is 0 Å². The first kappa shape index (κ1) is 12.6. The summed E-state index contributed by atoms with van der Waals surface area (Å²) >= 11 is 0. The zero-order valence-corrected chi connectivity index (χ0v) is 11.0. The second-order valence-electron chi connectivity index (χ2n) is 4.79. The van der Waals surface area contributed by atoms with E-state index in [4.69, 9.17) is 10.1 Å². The molecule has 1 aromatic carbocycles. The monoisotopic (exact) mass is 265 g/mol. The van der Waals surface area contributed by atoms with Crippen LogP contribution in [0, 0.1) is 11.3 Å². The van der Waals surface area contributed by atoms with Crippen LogP contribution in [-0.4, -0.2) is 11.1 Å². The first-order valence-corrected chi connectivity index (χ1v) is 6.66. The molecule has 4 nitrogen and oxygen atoms in total. The second-order valence-corrected chi connectivity index (χ2v) is 4.79. The van der Waals surface area contributed by atoms with Crippen molar-refractivity contribution in [3.63, 3.8) is 0 Å². The average Bonchev–Trinajstić information content (AvgIpc) is 2.93. The molecule has 2 aromatic rings. The maximum atomic E-state index is 8.88. The molecule has 2 atom stereocenters. The Kier molecular flexibility index (Phi) is 3.62. The van der Waals surface area contributed by atoms with Gasteiger partial charge in [-0.2, -0.15) is 5.26 Å². The molecule has 0 saturated carbocycles. The summed E-state index contributed by atoms with van der Waals surface area (Å²) in [4.78, 5) is 10.1. The number of hydroxylamine groups is 1. The fourth-order valence-electron chi connectivity index (χ4n) is 2.50. The van der Waals surface area contributed by atoms with E-state index in [1.54, 1.807) is 6.20 Å². The molecule has 4 heteroatoms. The smallest absolute Gasteiger partial charge is 0.101 e. The minimum atomic E-state index is -0.0644. The fraction of sp³-hybridized carbons (Fsp3) is 0.250. The van der Waals surface area contributed by atoms with Crippen LogP contribution in [0.15, 0.2) is 54.9 Å². The highest BCUT2D eigenvalue weighted by Gasteiger charge is 2.34. The van der Waals surface area contributed by atoms with Crippen molar-refractivity contribution >= 4 is 5.69 Å². The third kappa shape index (κ3) is 2.49. The van der Waals surface area contributed by atoms with E-state index in [1.807, 2.05) is 53.7 Å². The van der Waals surface area contributed by atoms with Gasteiger partial charge >= 0.3 is 0 Å². The molecule has 1 aliphatic heterocycles. The predicted molar refractivity (Wildman–Crippen MR) is 75.6 cm³/mol. The highest BCUT2D eigenvalue weighted by atomic mass is 16.7. The third-order valence-electron chi connectivity index (χ3n) is 3.43. The first-order chi connectivity index (χ1) is 9.88. The summed E-state index contributed by atoms with van der Waals surface area (Å²) in [6, 6.07) is 16.2. The van der Waals surface area contributed by atoms with E-state index in [1.165, 1.54) is 0 Å². The van der Waals surface area contributed by atoms with Crippen LogP contribution in [0.5, 0.6) is 0 Å². The summed E-state index contributed by atoms with van der Waals surface area (Å²) in [5.74, 6) is 0. The third-order valence-corrected chi connectivity index (χ3v) is 3.43. The first-order valence-electron chi connectivity index (χ1n) is 6.66. The van der Waals surface area contributed by atoms with Gasteiger partial charge in [0, 0.05) is 18.8 Å². The fourth-order valence-corrected chi connectivity index (χ4v) is 2.50. The molecule has 20 heavy (non-hydrogen) atoms. The van der Waals surface area contributed by atoms with E-state index in [-0.39, 0.29) is 12.1 Å². The summed E-state index contributed by atoms with van der Waals surface area (Å²) in [7, 11) is 0. The zero-order chi connectivity index (χ0) is 13.8. The molecule has 0 radical (unpaired) electrons. The number of hydrogen-bond donors (Lipinski definition) is 0. The van der Waals surface area contributed by atoms with Crippen molar-refractivity contribution in [3.05, 3.63) is 60.4 Å². The average molecular weight is 265 g/mol. The zero-order valence-electron chi connectivity index (χ0n) is 11.0. The number of aromatic nitrogens is 1. The normalized spacial score (nSPS) is 21.6. The summed E-state index contributed by atoms with van der Waals surface area (Å²) in [6.07, 6.45) is 4.76. The number of hydrogen-bond acceptors (Lipinski definition) is 4. The topological polar surface area (TPSA) is 49.2 Å². The van der Waals surface area contributed by atoms with E-state index < -0.39 is 0 Å². The van der Waals surface area contributed by atoms with Crippen LogP contribution < -0.4 is 5.06 Å².